The molecule has 1 N–H and O–H groups in total. The van der Waals surface area contributed by atoms with Crippen LogP contribution >= 0.6 is 0 Å². The van der Waals surface area contributed by atoms with Crippen LogP contribution in [0.4, 0.5) is 5.69 Å². The number of carbonyl (C=O) groups excluding carboxylic acids is 3. The molecule has 0 saturated carbocycles. The normalized spacial score (nSPS) is 14.2. The lowest BCUT2D eigenvalue weighted by atomic mass is 10.0. The van der Waals surface area contributed by atoms with E-state index in [1.165, 1.54) is 4.90 Å². The third-order valence-corrected chi connectivity index (χ3v) is 5.97. The topological polar surface area (TPSA) is 73.0 Å². The van der Waals surface area contributed by atoms with E-state index < -0.39 is 0 Å². The highest BCUT2D eigenvalue weighted by atomic mass is 16.2. The van der Waals surface area contributed by atoms with Gasteiger partial charge in [0.15, 0.2) is 0 Å². The van der Waals surface area contributed by atoms with Gasteiger partial charge in [0.05, 0.1) is 6.54 Å². The first kappa shape index (κ1) is 24.5. The highest BCUT2D eigenvalue weighted by Crippen LogP contribution is 2.19. The molecule has 0 spiro atoms. The SMILES string of the molecule is CCCN(CC(=O)Nc1ccc(C(=O)N(C)C)cc1)C1CCN(C(=O)c2ccccc2)CC1. The minimum absolute atomic E-state index is 0.0703. The maximum atomic E-state index is 12.7. The molecule has 7 heteroatoms. The number of piperidine rings is 1. The number of benzene rings is 2. The highest BCUT2D eigenvalue weighted by molar-refractivity contribution is 5.96. The first-order chi connectivity index (χ1) is 15.9. The van der Waals surface area contributed by atoms with E-state index in [4.69, 9.17) is 0 Å². The van der Waals surface area contributed by atoms with E-state index in [9.17, 15) is 14.4 Å². The van der Waals surface area contributed by atoms with E-state index in [0.29, 0.717) is 30.9 Å². The molecule has 7 nitrogen and oxygen atoms in total. The molecular weight excluding hydrogens is 416 g/mol. The zero-order valence-electron chi connectivity index (χ0n) is 19.8. The van der Waals surface area contributed by atoms with Crippen molar-refractivity contribution in [2.75, 3.05) is 45.6 Å². The molecule has 1 aliphatic heterocycles. The largest absolute Gasteiger partial charge is 0.345 e. The van der Waals surface area contributed by atoms with E-state index in [2.05, 4.69) is 17.1 Å². The van der Waals surface area contributed by atoms with Crippen molar-refractivity contribution in [3.8, 4) is 0 Å². The quantitative estimate of drug-likeness (QED) is 0.670. The number of rotatable bonds is 8. The van der Waals surface area contributed by atoms with Crippen LogP contribution in [0.1, 0.15) is 46.9 Å². The molecule has 1 aliphatic rings. The molecule has 0 aliphatic carbocycles. The van der Waals surface area contributed by atoms with Gasteiger partial charge in [0.25, 0.3) is 11.8 Å². The summed E-state index contributed by atoms with van der Waals surface area (Å²) in [5.74, 6) is -0.0676. The Morgan fingerprint density at radius 2 is 1.58 bits per heavy atom. The number of amides is 3. The monoisotopic (exact) mass is 450 g/mol. The smallest absolute Gasteiger partial charge is 0.253 e. The van der Waals surface area contributed by atoms with Crippen LogP contribution < -0.4 is 5.32 Å². The fourth-order valence-corrected chi connectivity index (χ4v) is 4.21. The molecule has 0 aromatic heterocycles. The molecule has 3 amide bonds. The van der Waals surface area contributed by atoms with Crippen LogP contribution in [-0.2, 0) is 4.79 Å². The van der Waals surface area contributed by atoms with Crippen LogP contribution in [0.3, 0.4) is 0 Å². The van der Waals surface area contributed by atoms with Crippen molar-refractivity contribution >= 4 is 23.4 Å². The second-order valence-corrected chi connectivity index (χ2v) is 8.68. The van der Waals surface area contributed by atoms with Crippen LogP contribution in [0.15, 0.2) is 54.6 Å². The van der Waals surface area contributed by atoms with E-state index in [1.807, 2.05) is 35.2 Å². The van der Waals surface area contributed by atoms with Crippen molar-refractivity contribution in [3.05, 3.63) is 65.7 Å². The lowest BCUT2D eigenvalue weighted by molar-refractivity contribution is -0.118. The Kier molecular flexibility index (Phi) is 8.60. The van der Waals surface area contributed by atoms with Gasteiger partial charge in [-0.1, -0.05) is 25.1 Å². The van der Waals surface area contributed by atoms with Gasteiger partial charge in [0.2, 0.25) is 5.91 Å². The number of carbonyl (C=O) groups is 3. The highest BCUT2D eigenvalue weighted by Gasteiger charge is 2.28. The Labute approximate surface area is 196 Å². The van der Waals surface area contributed by atoms with Gasteiger partial charge < -0.3 is 15.1 Å². The number of hydrogen-bond acceptors (Lipinski definition) is 4. The third-order valence-electron chi connectivity index (χ3n) is 5.97. The fourth-order valence-electron chi connectivity index (χ4n) is 4.21. The number of anilines is 1. The maximum absolute atomic E-state index is 12.7. The lowest BCUT2D eigenvalue weighted by Gasteiger charge is -2.38. The first-order valence-corrected chi connectivity index (χ1v) is 11.6. The van der Waals surface area contributed by atoms with Gasteiger partial charge in [0, 0.05) is 50.0 Å². The maximum Gasteiger partial charge on any atom is 0.253 e. The number of nitrogens with one attached hydrogen (secondary N) is 1. The second kappa shape index (κ2) is 11.6. The summed E-state index contributed by atoms with van der Waals surface area (Å²) >= 11 is 0. The summed E-state index contributed by atoms with van der Waals surface area (Å²) in [5.41, 5.74) is 1.98. The molecular formula is C26H34N4O3. The standard InChI is InChI=1S/C26H34N4O3/c1-4-16-30(19-24(31)27-22-12-10-21(11-13-22)25(32)28(2)3)23-14-17-29(18-15-23)26(33)20-8-6-5-7-9-20/h5-13,23H,4,14-19H2,1-3H3,(H,27,31). The molecule has 2 aromatic rings. The van der Waals surface area contributed by atoms with Crippen molar-refractivity contribution in [1.29, 1.82) is 0 Å². The number of nitrogens with zero attached hydrogens (tertiary/aromatic N) is 3. The van der Waals surface area contributed by atoms with E-state index >= 15 is 0 Å². The van der Waals surface area contributed by atoms with Gasteiger partial charge in [0.1, 0.15) is 0 Å². The van der Waals surface area contributed by atoms with Crippen LogP contribution in [-0.4, -0.2) is 78.7 Å². The summed E-state index contributed by atoms with van der Waals surface area (Å²) in [6.45, 7) is 4.65. The van der Waals surface area contributed by atoms with Gasteiger partial charge in [-0.15, -0.1) is 0 Å². The van der Waals surface area contributed by atoms with Gasteiger partial charge in [-0.25, -0.2) is 0 Å². The Morgan fingerprint density at radius 3 is 2.15 bits per heavy atom. The van der Waals surface area contributed by atoms with Gasteiger partial charge in [-0.05, 0) is 62.2 Å². The van der Waals surface area contributed by atoms with Crippen molar-refractivity contribution in [2.24, 2.45) is 0 Å². The van der Waals surface area contributed by atoms with Gasteiger partial charge >= 0.3 is 0 Å². The van der Waals surface area contributed by atoms with Crippen LogP contribution in [0.2, 0.25) is 0 Å². The second-order valence-electron chi connectivity index (χ2n) is 8.68. The average Bonchev–Trinajstić information content (AvgIpc) is 2.84. The molecule has 33 heavy (non-hydrogen) atoms. The molecule has 176 valence electrons. The Hall–Kier alpha value is -3.19. The molecule has 0 atom stereocenters. The Balaban J connectivity index is 1.53. The zero-order chi connectivity index (χ0) is 23.8. The predicted octanol–water partition coefficient (Wildman–Crippen LogP) is 3.34. The van der Waals surface area contributed by atoms with E-state index in [-0.39, 0.29) is 23.8 Å². The minimum atomic E-state index is -0.0714. The van der Waals surface area contributed by atoms with Crippen molar-refractivity contribution in [2.45, 2.75) is 32.2 Å². The number of likely N-dealkylation sites (tertiary alicyclic amines) is 1. The van der Waals surface area contributed by atoms with Crippen LogP contribution in [0.5, 0.6) is 0 Å². The van der Waals surface area contributed by atoms with Crippen molar-refractivity contribution in [1.82, 2.24) is 14.7 Å². The first-order valence-electron chi connectivity index (χ1n) is 11.6. The molecule has 1 heterocycles. The van der Waals surface area contributed by atoms with Crippen LogP contribution in [0.25, 0.3) is 0 Å². The van der Waals surface area contributed by atoms with Crippen molar-refractivity contribution in [3.63, 3.8) is 0 Å². The molecule has 1 saturated heterocycles. The van der Waals surface area contributed by atoms with Gasteiger partial charge in [-0.3, -0.25) is 19.3 Å². The summed E-state index contributed by atoms with van der Waals surface area (Å²) in [6.07, 6.45) is 2.66. The molecule has 0 bridgehead atoms. The van der Waals surface area contributed by atoms with E-state index in [1.54, 1.807) is 38.4 Å². The summed E-state index contributed by atoms with van der Waals surface area (Å²) < 4.78 is 0. The molecule has 0 unspecified atom stereocenters. The predicted molar refractivity (Wildman–Crippen MR) is 130 cm³/mol. The fraction of sp³-hybridized carbons (Fsp3) is 0.423. The molecule has 0 radical (unpaired) electrons. The molecule has 3 rings (SSSR count). The zero-order valence-corrected chi connectivity index (χ0v) is 19.8. The Bertz CT molecular complexity index is 936. The van der Waals surface area contributed by atoms with E-state index in [0.717, 1.165) is 31.4 Å². The molecule has 1 fully saturated rings. The van der Waals surface area contributed by atoms with Crippen LogP contribution in [0, 0.1) is 0 Å². The van der Waals surface area contributed by atoms with Crippen molar-refractivity contribution < 1.29 is 14.4 Å². The molecule has 2 aromatic carbocycles. The number of hydrogen-bond donors (Lipinski definition) is 1. The van der Waals surface area contributed by atoms with Gasteiger partial charge in [-0.2, -0.15) is 0 Å². The Morgan fingerprint density at radius 1 is 0.939 bits per heavy atom. The summed E-state index contributed by atoms with van der Waals surface area (Å²) in [7, 11) is 3.42. The lowest BCUT2D eigenvalue weighted by Crippen LogP contribution is -2.49. The average molecular weight is 451 g/mol. The third kappa shape index (κ3) is 6.65. The summed E-state index contributed by atoms with van der Waals surface area (Å²) in [6, 6.07) is 16.6. The summed E-state index contributed by atoms with van der Waals surface area (Å²) in [5, 5.41) is 2.94. The summed E-state index contributed by atoms with van der Waals surface area (Å²) in [4.78, 5) is 43.1. The minimum Gasteiger partial charge on any atom is -0.345 e.